The van der Waals surface area contributed by atoms with Crippen molar-refractivity contribution >= 4 is 17.6 Å². The summed E-state index contributed by atoms with van der Waals surface area (Å²) in [5.41, 5.74) is 0.439. The van der Waals surface area contributed by atoms with E-state index in [4.69, 9.17) is 4.74 Å². The first-order valence-electron chi connectivity index (χ1n) is 7.73. The molecule has 24 heavy (non-hydrogen) atoms. The molecule has 9 nitrogen and oxygen atoms in total. The molecular weight excluding hydrogens is 310 g/mol. The molecule has 1 aromatic heterocycles. The van der Waals surface area contributed by atoms with Crippen LogP contribution in [-0.4, -0.2) is 64.1 Å². The summed E-state index contributed by atoms with van der Waals surface area (Å²) in [5, 5.41) is 12.2. The number of carbonyl (C=O) groups excluding carboxylic acids is 1. The lowest BCUT2D eigenvalue weighted by molar-refractivity contribution is -0.114. The second-order valence-corrected chi connectivity index (χ2v) is 5.45. The van der Waals surface area contributed by atoms with E-state index in [1.165, 1.54) is 6.33 Å². The number of hydrogen-bond donors (Lipinski definition) is 2. The van der Waals surface area contributed by atoms with Crippen LogP contribution in [0, 0.1) is 0 Å². The van der Waals surface area contributed by atoms with Gasteiger partial charge in [0.2, 0.25) is 0 Å². The molecule has 3 aliphatic heterocycles. The van der Waals surface area contributed by atoms with Crippen LogP contribution in [0.3, 0.4) is 0 Å². The number of anilines is 1. The van der Waals surface area contributed by atoms with Crippen molar-refractivity contribution in [2.45, 2.75) is 6.17 Å². The summed E-state index contributed by atoms with van der Waals surface area (Å²) < 4.78 is 5.37. The number of amides is 1. The molecule has 0 aliphatic carbocycles. The molecule has 1 unspecified atom stereocenters. The lowest BCUT2D eigenvalue weighted by Gasteiger charge is -2.33. The highest BCUT2D eigenvalue weighted by atomic mass is 16.5. The number of carbonyl (C=O) groups is 1. The number of rotatable bonds is 2. The fourth-order valence-corrected chi connectivity index (χ4v) is 2.70. The first-order valence-corrected chi connectivity index (χ1v) is 7.73. The van der Waals surface area contributed by atoms with Crippen molar-refractivity contribution in [3.63, 3.8) is 0 Å². The predicted octanol–water partition coefficient (Wildman–Crippen LogP) is -0.297. The Bertz CT molecular complexity index is 710. The van der Waals surface area contributed by atoms with Crippen LogP contribution in [0.25, 0.3) is 0 Å². The van der Waals surface area contributed by atoms with Gasteiger partial charge in [0.1, 0.15) is 29.8 Å². The van der Waals surface area contributed by atoms with Gasteiger partial charge in [-0.3, -0.25) is 4.79 Å². The largest absolute Gasteiger partial charge is 0.378 e. The van der Waals surface area contributed by atoms with Crippen LogP contribution >= 0.6 is 0 Å². The van der Waals surface area contributed by atoms with E-state index in [1.54, 1.807) is 23.5 Å². The third-order valence-electron chi connectivity index (χ3n) is 3.93. The number of morpholine rings is 1. The van der Waals surface area contributed by atoms with Gasteiger partial charge >= 0.3 is 0 Å². The number of hydrazone groups is 1. The fraction of sp³-hybridized carbons (Fsp3) is 0.333. The van der Waals surface area contributed by atoms with Gasteiger partial charge in [-0.15, -0.1) is 0 Å². The van der Waals surface area contributed by atoms with Gasteiger partial charge in [0.25, 0.3) is 5.91 Å². The smallest absolute Gasteiger partial charge is 0.276 e. The minimum atomic E-state index is -0.274. The number of ether oxygens (including phenoxy) is 1. The molecule has 0 saturated carbocycles. The average molecular weight is 327 g/mol. The van der Waals surface area contributed by atoms with Crippen molar-refractivity contribution in [3.05, 3.63) is 42.6 Å². The van der Waals surface area contributed by atoms with Crippen molar-refractivity contribution in [2.75, 3.05) is 31.6 Å². The molecule has 0 radical (unpaired) electrons. The van der Waals surface area contributed by atoms with Crippen LogP contribution < -0.4 is 10.6 Å². The first kappa shape index (κ1) is 14.6. The summed E-state index contributed by atoms with van der Waals surface area (Å²) >= 11 is 0. The molecule has 1 aromatic rings. The third kappa shape index (κ3) is 2.81. The van der Waals surface area contributed by atoms with E-state index in [-0.39, 0.29) is 12.1 Å². The Hall–Kier alpha value is -2.94. The number of fused-ring (bicyclic) bond motifs is 1. The average Bonchev–Trinajstić information content (AvgIpc) is 3.06. The highest BCUT2D eigenvalue weighted by Gasteiger charge is 2.32. The van der Waals surface area contributed by atoms with E-state index >= 15 is 0 Å². The van der Waals surface area contributed by atoms with Gasteiger partial charge in [0, 0.05) is 25.5 Å². The maximum atomic E-state index is 12.5. The van der Waals surface area contributed by atoms with Crippen molar-refractivity contribution in [2.24, 2.45) is 5.10 Å². The van der Waals surface area contributed by atoms with Gasteiger partial charge in [-0.2, -0.15) is 5.10 Å². The van der Waals surface area contributed by atoms with Crippen LogP contribution in [0.4, 0.5) is 5.82 Å². The Morgan fingerprint density at radius 3 is 3.04 bits per heavy atom. The van der Waals surface area contributed by atoms with E-state index in [1.807, 2.05) is 12.2 Å². The van der Waals surface area contributed by atoms with E-state index in [0.717, 1.165) is 18.9 Å². The molecule has 3 aliphatic rings. The summed E-state index contributed by atoms with van der Waals surface area (Å²) in [6.45, 7) is 2.96. The van der Waals surface area contributed by atoms with Crippen molar-refractivity contribution in [1.82, 2.24) is 25.2 Å². The summed E-state index contributed by atoms with van der Waals surface area (Å²) in [6.07, 6.45) is 8.43. The molecule has 124 valence electrons. The summed E-state index contributed by atoms with van der Waals surface area (Å²) in [6, 6.07) is 1.64. The van der Waals surface area contributed by atoms with Gasteiger partial charge in [-0.1, -0.05) is 0 Å². The minimum Gasteiger partial charge on any atom is -0.378 e. The van der Waals surface area contributed by atoms with Gasteiger partial charge < -0.3 is 20.3 Å². The van der Waals surface area contributed by atoms with E-state index in [0.29, 0.717) is 24.7 Å². The quantitative estimate of drug-likeness (QED) is 0.770. The topological polar surface area (TPSA) is 95.0 Å². The maximum absolute atomic E-state index is 12.5. The molecule has 1 fully saturated rings. The first-order chi connectivity index (χ1) is 11.8. The Balaban J connectivity index is 1.50. The van der Waals surface area contributed by atoms with E-state index in [9.17, 15) is 4.79 Å². The standard InChI is InChI=1S/C15H17N7O2/c23-15(19-12-3-4-16-10-18-12)11-9-17-13-1-2-14(20-22(11)13)21-5-7-24-8-6-21/h1-4,9-10,13,17H,5-8H2,(H,16,18,19,23). The number of amidine groups is 1. The zero-order chi connectivity index (χ0) is 16.4. The molecule has 2 N–H and O–H groups in total. The Morgan fingerprint density at radius 2 is 2.25 bits per heavy atom. The maximum Gasteiger partial charge on any atom is 0.276 e. The van der Waals surface area contributed by atoms with E-state index in [2.05, 4.69) is 30.6 Å². The Labute approximate surface area is 138 Å². The van der Waals surface area contributed by atoms with Gasteiger partial charge in [-0.25, -0.2) is 15.0 Å². The highest BCUT2D eigenvalue weighted by molar-refractivity contribution is 6.03. The van der Waals surface area contributed by atoms with E-state index < -0.39 is 0 Å². The van der Waals surface area contributed by atoms with Crippen molar-refractivity contribution < 1.29 is 9.53 Å². The number of aromatic nitrogens is 2. The van der Waals surface area contributed by atoms with Gasteiger partial charge in [-0.05, 0) is 18.2 Å². The molecule has 1 atom stereocenters. The van der Waals surface area contributed by atoms with Crippen molar-refractivity contribution in [3.8, 4) is 0 Å². The van der Waals surface area contributed by atoms with Gasteiger partial charge in [0.05, 0.1) is 13.2 Å². The lowest BCUT2D eigenvalue weighted by Crippen LogP contribution is -2.45. The SMILES string of the molecule is O=C(Nc1ccncn1)C1=CNC2C=CC(N3CCOCC3)=NN12. The number of nitrogens with zero attached hydrogens (tertiary/aromatic N) is 5. The van der Waals surface area contributed by atoms with Crippen LogP contribution in [0.5, 0.6) is 0 Å². The molecule has 4 heterocycles. The summed E-state index contributed by atoms with van der Waals surface area (Å²) in [5.74, 6) is 1.01. The number of hydrogen-bond acceptors (Lipinski definition) is 8. The molecule has 1 amide bonds. The monoisotopic (exact) mass is 327 g/mol. The Morgan fingerprint density at radius 1 is 1.38 bits per heavy atom. The van der Waals surface area contributed by atoms with Crippen LogP contribution in [0.2, 0.25) is 0 Å². The second-order valence-electron chi connectivity index (χ2n) is 5.45. The zero-order valence-corrected chi connectivity index (χ0v) is 12.9. The Kier molecular flexibility index (Phi) is 3.83. The van der Waals surface area contributed by atoms with Crippen molar-refractivity contribution in [1.29, 1.82) is 0 Å². The molecule has 0 spiro atoms. The fourth-order valence-electron chi connectivity index (χ4n) is 2.70. The molecule has 4 rings (SSSR count). The van der Waals surface area contributed by atoms with Crippen LogP contribution in [-0.2, 0) is 9.53 Å². The zero-order valence-electron chi connectivity index (χ0n) is 12.9. The molecule has 0 bridgehead atoms. The predicted molar refractivity (Wildman–Crippen MR) is 86.5 cm³/mol. The normalized spacial score (nSPS) is 22.4. The molecule has 9 heteroatoms. The van der Waals surface area contributed by atoms with Gasteiger partial charge in [0.15, 0.2) is 0 Å². The minimum absolute atomic E-state index is 0.152. The highest BCUT2D eigenvalue weighted by Crippen LogP contribution is 2.21. The van der Waals surface area contributed by atoms with Crippen LogP contribution in [0.15, 0.2) is 47.7 Å². The second kappa shape index (κ2) is 6.28. The third-order valence-corrected chi connectivity index (χ3v) is 3.93. The lowest BCUT2D eigenvalue weighted by atomic mass is 10.3. The molecule has 0 aromatic carbocycles. The molecular formula is C15H17N7O2. The van der Waals surface area contributed by atoms with Crippen LogP contribution in [0.1, 0.15) is 0 Å². The molecule has 1 saturated heterocycles. The summed E-state index contributed by atoms with van der Waals surface area (Å²) in [4.78, 5) is 22.5. The number of nitrogens with one attached hydrogen (secondary N) is 2. The summed E-state index contributed by atoms with van der Waals surface area (Å²) in [7, 11) is 0.